The van der Waals surface area contributed by atoms with Gasteiger partial charge in [0.1, 0.15) is 0 Å². The monoisotopic (exact) mass is 365 g/mol. The van der Waals surface area contributed by atoms with Crippen molar-refractivity contribution in [2.75, 3.05) is 20.6 Å². The number of nitrogens with one attached hydrogen (secondary N) is 2. The second kappa shape index (κ2) is 9.91. The Balaban J connectivity index is 1.80. The van der Waals surface area contributed by atoms with Gasteiger partial charge in [-0.15, -0.1) is 0 Å². The van der Waals surface area contributed by atoms with E-state index in [1.165, 1.54) is 11.0 Å². The van der Waals surface area contributed by atoms with Gasteiger partial charge in [-0.25, -0.2) is 0 Å². The van der Waals surface area contributed by atoms with E-state index in [-0.39, 0.29) is 24.3 Å². The largest absolute Gasteiger partial charge is 0.355 e. The number of nitrogens with zero attached hydrogens (tertiary/aromatic N) is 1. The Bertz CT molecular complexity index is 814. The van der Waals surface area contributed by atoms with Gasteiger partial charge in [0, 0.05) is 32.3 Å². The number of hydrogen-bond donors (Lipinski definition) is 2. The second-order valence-corrected chi connectivity index (χ2v) is 5.99. The number of carbonyl (C=O) groups excluding carboxylic acids is 3. The van der Waals surface area contributed by atoms with Gasteiger partial charge in [-0.3, -0.25) is 14.4 Å². The van der Waals surface area contributed by atoms with Crippen molar-refractivity contribution in [1.82, 2.24) is 15.5 Å². The van der Waals surface area contributed by atoms with Gasteiger partial charge in [0.05, 0.1) is 6.54 Å². The lowest BCUT2D eigenvalue weighted by Gasteiger charge is -2.17. The van der Waals surface area contributed by atoms with Crippen LogP contribution in [0.2, 0.25) is 0 Å². The molecule has 2 rings (SSSR count). The van der Waals surface area contributed by atoms with E-state index in [0.717, 1.165) is 11.1 Å². The number of hydrogen-bond acceptors (Lipinski definition) is 3. The quantitative estimate of drug-likeness (QED) is 0.735. The first kappa shape index (κ1) is 19.9. The summed E-state index contributed by atoms with van der Waals surface area (Å²) in [5, 5.41) is 5.14. The van der Waals surface area contributed by atoms with E-state index >= 15 is 0 Å². The number of carbonyl (C=O) groups is 3. The fourth-order valence-electron chi connectivity index (χ4n) is 2.36. The molecule has 0 aliphatic carbocycles. The molecule has 0 saturated heterocycles. The van der Waals surface area contributed by atoms with Gasteiger partial charge in [-0.2, -0.15) is 0 Å². The maximum absolute atomic E-state index is 12.2. The third-order valence-electron chi connectivity index (χ3n) is 3.93. The Morgan fingerprint density at radius 1 is 1.00 bits per heavy atom. The molecule has 2 N–H and O–H groups in total. The standard InChI is InChI=1S/C21H23N3O3/c1-22-21(27)18-11-8-17(9-12-18)15-24(2)20(26)14-23-19(25)13-10-16-6-4-3-5-7-16/h3-13H,14-15H2,1-2H3,(H,22,27)(H,23,25)/b13-10+. The van der Waals surface area contributed by atoms with Gasteiger partial charge in [-0.1, -0.05) is 42.5 Å². The van der Waals surface area contributed by atoms with Crippen molar-refractivity contribution in [2.45, 2.75) is 6.54 Å². The highest BCUT2D eigenvalue weighted by molar-refractivity contribution is 5.94. The minimum absolute atomic E-state index is 0.0786. The van der Waals surface area contributed by atoms with Crippen molar-refractivity contribution in [3.05, 3.63) is 77.4 Å². The van der Waals surface area contributed by atoms with Crippen LogP contribution in [0.25, 0.3) is 6.08 Å². The molecule has 0 spiro atoms. The van der Waals surface area contributed by atoms with E-state index in [9.17, 15) is 14.4 Å². The molecule has 0 heterocycles. The van der Waals surface area contributed by atoms with Crippen LogP contribution in [0.5, 0.6) is 0 Å². The maximum atomic E-state index is 12.2. The van der Waals surface area contributed by atoms with Crippen molar-refractivity contribution in [3.8, 4) is 0 Å². The summed E-state index contributed by atoms with van der Waals surface area (Å²) in [5.74, 6) is -0.681. The molecule has 0 aromatic heterocycles. The SMILES string of the molecule is CNC(=O)c1ccc(CN(C)C(=O)CNC(=O)/C=C/c2ccccc2)cc1. The zero-order valence-electron chi connectivity index (χ0n) is 15.4. The molecule has 140 valence electrons. The van der Waals surface area contributed by atoms with Crippen molar-refractivity contribution in [2.24, 2.45) is 0 Å². The van der Waals surface area contributed by atoms with E-state index < -0.39 is 0 Å². The van der Waals surface area contributed by atoms with E-state index in [4.69, 9.17) is 0 Å². The highest BCUT2D eigenvalue weighted by atomic mass is 16.2. The van der Waals surface area contributed by atoms with E-state index in [0.29, 0.717) is 12.1 Å². The number of rotatable bonds is 7. The van der Waals surface area contributed by atoms with Crippen LogP contribution in [-0.4, -0.2) is 43.3 Å². The molecule has 3 amide bonds. The fraction of sp³-hybridized carbons (Fsp3) is 0.190. The Morgan fingerprint density at radius 3 is 2.30 bits per heavy atom. The maximum Gasteiger partial charge on any atom is 0.251 e. The molecule has 0 atom stereocenters. The predicted molar refractivity (Wildman–Crippen MR) is 105 cm³/mol. The van der Waals surface area contributed by atoms with Crippen LogP contribution < -0.4 is 10.6 Å². The van der Waals surface area contributed by atoms with Crippen LogP contribution in [0.3, 0.4) is 0 Å². The van der Waals surface area contributed by atoms with Gasteiger partial charge in [0.25, 0.3) is 5.91 Å². The first-order valence-electron chi connectivity index (χ1n) is 8.55. The summed E-state index contributed by atoms with van der Waals surface area (Å²) in [5.41, 5.74) is 2.37. The molecular formula is C21H23N3O3. The van der Waals surface area contributed by atoms with Crippen LogP contribution in [0, 0.1) is 0 Å². The summed E-state index contributed by atoms with van der Waals surface area (Å²) in [6.45, 7) is 0.313. The third-order valence-corrected chi connectivity index (χ3v) is 3.93. The van der Waals surface area contributed by atoms with Crippen LogP contribution in [-0.2, 0) is 16.1 Å². The fourth-order valence-corrected chi connectivity index (χ4v) is 2.36. The van der Waals surface area contributed by atoms with Gasteiger partial charge in [0.2, 0.25) is 11.8 Å². The topological polar surface area (TPSA) is 78.5 Å². The third kappa shape index (κ3) is 6.43. The Morgan fingerprint density at radius 2 is 1.67 bits per heavy atom. The lowest BCUT2D eigenvalue weighted by molar-refractivity contribution is -0.131. The van der Waals surface area contributed by atoms with Gasteiger partial charge < -0.3 is 15.5 Å². The second-order valence-electron chi connectivity index (χ2n) is 5.99. The molecule has 27 heavy (non-hydrogen) atoms. The Kier molecular flexibility index (Phi) is 7.31. The highest BCUT2D eigenvalue weighted by Gasteiger charge is 2.10. The molecule has 6 heteroatoms. The molecule has 0 unspecified atom stereocenters. The average Bonchev–Trinajstić information content (AvgIpc) is 2.71. The number of likely N-dealkylation sites (N-methyl/N-ethyl adjacent to an activating group) is 1. The summed E-state index contributed by atoms with van der Waals surface area (Å²) >= 11 is 0. The average molecular weight is 365 g/mol. The van der Waals surface area contributed by atoms with Crippen molar-refractivity contribution in [3.63, 3.8) is 0 Å². The van der Waals surface area contributed by atoms with E-state index in [1.54, 1.807) is 44.4 Å². The Hall–Kier alpha value is -3.41. The van der Waals surface area contributed by atoms with Crippen LogP contribution in [0.4, 0.5) is 0 Å². The number of benzene rings is 2. The smallest absolute Gasteiger partial charge is 0.251 e. The van der Waals surface area contributed by atoms with Crippen LogP contribution in [0.15, 0.2) is 60.7 Å². The molecular weight excluding hydrogens is 342 g/mol. The Labute approximate surface area is 158 Å². The molecule has 6 nitrogen and oxygen atoms in total. The van der Waals surface area contributed by atoms with E-state index in [2.05, 4.69) is 10.6 Å². The summed E-state index contributed by atoms with van der Waals surface area (Å²) in [4.78, 5) is 37.0. The predicted octanol–water partition coefficient (Wildman–Crippen LogP) is 1.83. The summed E-state index contributed by atoms with van der Waals surface area (Å²) < 4.78 is 0. The van der Waals surface area contributed by atoms with E-state index in [1.807, 2.05) is 30.3 Å². The minimum Gasteiger partial charge on any atom is -0.355 e. The normalized spacial score (nSPS) is 10.4. The zero-order valence-corrected chi connectivity index (χ0v) is 15.4. The molecule has 0 fully saturated rings. The summed E-state index contributed by atoms with van der Waals surface area (Å²) in [6, 6.07) is 16.5. The van der Waals surface area contributed by atoms with Gasteiger partial charge >= 0.3 is 0 Å². The van der Waals surface area contributed by atoms with Crippen molar-refractivity contribution >= 4 is 23.8 Å². The summed E-state index contributed by atoms with van der Waals surface area (Å²) in [7, 11) is 3.24. The van der Waals surface area contributed by atoms with Gasteiger partial charge in [0.15, 0.2) is 0 Å². The first-order valence-corrected chi connectivity index (χ1v) is 8.55. The lowest BCUT2D eigenvalue weighted by Crippen LogP contribution is -2.37. The van der Waals surface area contributed by atoms with Gasteiger partial charge in [-0.05, 0) is 29.3 Å². The minimum atomic E-state index is -0.324. The molecule has 2 aromatic carbocycles. The zero-order chi connectivity index (χ0) is 19.6. The molecule has 0 radical (unpaired) electrons. The molecule has 0 bridgehead atoms. The number of amides is 3. The lowest BCUT2D eigenvalue weighted by atomic mass is 10.1. The van der Waals surface area contributed by atoms with Crippen molar-refractivity contribution < 1.29 is 14.4 Å². The highest BCUT2D eigenvalue weighted by Crippen LogP contribution is 2.07. The molecule has 0 aliphatic heterocycles. The summed E-state index contributed by atoms with van der Waals surface area (Å²) in [6.07, 6.45) is 3.09. The van der Waals surface area contributed by atoms with Crippen molar-refractivity contribution in [1.29, 1.82) is 0 Å². The molecule has 0 aliphatic rings. The molecule has 0 saturated carbocycles. The first-order chi connectivity index (χ1) is 13.0. The molecule has 2 aromatic rings. The van der Waals surface area contributed by atoms with Crippen LogP contribution in [0.1, 0.15) is 21.5 Å². The van der Waals surface area contributed by atoms with Crippen LogP contribution >= 0.6 is 0 Å².